The van der Waals surface area contributed by atoms with Gasteiger partial charge in [0.15, 0.2) is 0 Å². The Kier molecular flexibility index (Phi) is 5.87. The molecule has 0 unspecified atom stereocenters. The van der Waals surface area contributed by atoms with Crippen molar-refractivity contribution >= 4 is 72.9 Å². The molecule has 0 bridgehead atoms. The van der Waals surface area contributed by atoms with E-state index in [0.29, 0.717) is 26.9 Å². The van der Waals surface area contributed by atoms with Crippen molar-refractivity contribution in [2.75, 3.05) is 10.0 Å². The number of carbonyl (C=O) groups excluding carboxylic acids is 1. The first-order valence-corrected chi connectivity index (χ1v) is 10.6. The smallest absolute Gasteiger partial charge is 0.291 e. The van der Waals surface area contributed by atoms with Crippen LogP contribution in [0.5, 0.6) is 0 Å². The summed E-state index contributed by atoms with van der Waals surface area (Å²) in [6.45, 7) is 0. The van der Waals surface area contributed by atoms with Gasteiger partial charge < -0.3 is 0 Å². The summed E-state index contributed by atoms with van der Waals surface area (Å²) in [7, 11) is -4.05. The normalized spacial score (nSPS) is 11.2. The molecule has 0 aliphatic carbocycles. The fourth-order valence-electron chi connectivity index (χ4n) is 1.90. The van der Waals surface area contributed by atoms with Crippen molar-refractivity contribution in [3.8, 4) is 0 Å². The van der Waals surface area contributed by atoms with Gasteiger partial charge in [0.1, 0.15) is 0 Å². The summed E-state index contributed by atoms with van der Waals surface area (Å²) in [6.07, 6.45) is 0. The van der Waals surface area contributed by atoms with Crippen molar-refractivity contribution in [2.24, 2.45) is 0 Å². The lowest BCUT2D eigenvalue weighted by Crippen LogP contribution is -2.13. The predicted octanol–water partition coefficient (Wildman–Crippen LogP) is 4.55. The van der Waals surface area contributed by atoms with Crippen LogP contribution in [0.25, 0.3) is 0 Å². The number of nitrogens with one attached hydrogen (secondary N) is 2. The molecule has 1 heterocycles. The lowest BCUT2D eigenvalue weighted by Gasteiger charge is -2.07. The van der Waals surface area contributed by atoms with E-state index in [1.807, 2.05) is 0 Å². The van der Waals surface area contributed by atoms with Gasteiger partial charge in [0, 0.05) is 15.6 Å². The maximum absolute atomic E-state index is 12.4. The highest BCUT2D eigenvalue weighted by Gasteiger charge is 2.22. The lowest BCUT2D eigenvalue weighted by molar-refractivity contribution is 0.102. The van der Waals surface area contributed by atoms with Gasteiger partial charge >= 0.3 is 0 Å². The van der Waals surface area contributed by atoms with Crippen molar-refractivity contribution < 1.29 is 13.2 Å². The fourth-order valence-corrected chi connectivity index (χ4v) is 4.39. The fraction of sp³-hybridized carbons (Fsp3) is 0. The van der Waals surface area contributed by atoms with E-state index < -0.39 is 15.9 Å². The quantitative estimate of drug-likeness (QED) is 0.541. The number of aromatic nitrogens is 2. The van der Waals surface area contributed by atoms with Crippen LogP contribution in [0.3, 0.4) is 0 Å². The molecule has 140 valence electrons. The SMILES string of the molecule is O=C(Nc1nnc(S(=O)(=O)Nc2cc(Cl)ccc2Cl)s1)c1ccc(Cl)cc1. The molecule has 2 N–H and O–H groups in total. The Morgan fingerprint density at radius 3 is 2.33 bits per heavy atom. The molecule has 3 aromatic rings. The van der Waals surface area contributed by atoms with Crippen molar-refractivity contribution in [2.45, 2.75) is 4.34 Å². The Morgan fingerprint density at radius 1 is 0.963 bits per heavy atom. The van der Waals surface area contributed by atoms with E-state index in [4.69, 9.17) is 34.8 Å². The second-order valence-electron chi connectivity index (χ2n) is 5.06. The average molecular weight is 464 g/mol. The van der Waals surface area contributed by atoms with Crippen molar-refractivity contribution in [1.82, 2.24) is 10.2 Å². The van der Waals surface area contributed by atoms with Gasteiger partial charge in [-0.05, 0) is 42.5 Å². The molecule has 0 fully saturated rings. The number of hydrogen-bond donors (Lipinski definition) is 2. The van der Waals surface area contributed by atoms with Crippen LogP contribution in [0.1, 0.15) is 10.4 Å². The number of amides is 1. The molecule has 7 nitrogen and oxygen atoms in total. The van der Waals surface area contributed by atoms with Crippen LogP contribution in [-0.4, -0.2) is 24.5 Å². The van der Waals surface area contributed by atoms with E-state index in [9.17, 15) is 13.2 Å². The van der Waals surface area contributed by atoms with E-state index in [1.165, 1.54) is 30.3 Å². The largest absolute Gasteiger partial charge is 0.296 e. The maximum atomic E-state index is 12.4. The topological polar surface area (TPSA) is 101 Å². The Balaban J connectivity index is 1.77. The zero-order valence-corrected chi connectivity index (χ0v) is 17.0. The summed E-state index contributed by atoms with van der Waals surface area (Å²) in [5, 5.41) is 10.7. The number of rotatable bonds is 5. The molecule has 1 aromatic heterocycles. The number of benzene rings is 2. The highest BCUT2D eigenvalue weighted by molar-refractivity contribution is 7.94. The van der Waals surface area contributed by atoms with Crippen LogP contribution in [-0.2, 0) is 10.0 Å². The Hall–Kier alpha value is -1.91. The van der Waals surface area contributed by atoms with E-state index >= 15 is 0 Å². The molecule has 0 spiro atoms. The molecule has 0 saturated carbocycles. The zero-order valence-electron chi connectivity index (χ0n) is 13.1. The van der Waals surface area contributed by atoms with Gasteiger partial charge in [-0.3, -0.25) is 14.8 Å². The minimum atomic E-state index is -4.05. The van der Waals surface area contributed by atoms with Crippen LogP contribution in [0.15, 0.2) is 46.8 Å². The lowest BCUT2D eigenvalue weighted by atomic mass is 10.2. The Labute approximate surface area is 173 Å². The molecule has 0 radical (unpaired) electrons. The summed E-state index contributed by atoms with van der Waals surface area (Å²) in [6, 6.07) is 10.5. The molecule has 0 aliphatic rings. The Bertz CT molecular complexity index is 1100. The number of carbonyl (C=O) groups is 1. The zero-order chi connectivity index (χ0) is 19.6. The second-order valence-corrected chi connectivity index (χ2v) is 9.18. The van der Waals surface area contributed by atoms with Gasteiger partial charge in [0.2, 0.25) is 5.13 Å². The average Bonchev–Trinajstić information content (AvgIpc) is 3.08. The molecule has 0 aliphatic heterocycles. The van der Waals surface area contributed by atoms with E-state index in [1.54, 1.807) is 12.1 Å². The highest BCUT2D eigenvalue weighted by Crippen LogP contribution is 2.29. The standard InChI is InChI=1S/C15H9Cl3N4O3S2/c16-9-3-1-8(2-4-9)13(23)19-14-20-21-15(26-14)27(24,25)22-12-7-10(17)5-6-11(12)18/h1-7,22H,(H,19,20,23). The molecule has 1 amide bonds. The van der Waals surface area contributed by atoms with Crippen LogP contribution >= 0.6 is 46.1 Å². The highest BCUT2D eigenvalue weighted by atomic mass is 35.5. The van der Waals surface area contributed by atoms with E-state index in [2.05, 4.69) is 20.2 Å². The number of halogens is 3. The number of hydrogen-bond acceptors (Lipinski definition) is 6. The molecule has 2 aromatic carbocycles. The third-order valence-corrected chi connectivity index (χ3v) is 6.52. The van der Waals surface area contributed by atoms with Gasteiger partial charge in [-0.25, -0.2) is 0 Å². The van der Waals surface area contributed by atoms with Crippen molar-refractivity contribution in [3.63, 3.8) is 0 Å². The van der Waals surface area contributed by atoms with E-state index in [-0.39, 0.29) is 20.2 Å². The first-order chi connectivity index (χ1) is 12.7. The van der Waals surface area contributed by atoms with Gasteiger partial charge in [-0.15, -0.1) is 10.2 Å². The predicted molar refractivity (Wildman–Crippen MR) is 107 cm³/mol. The van der Waals surface area contributed by atoms with Gasteiger partial charge in [0.05, 0.1) is 10.7 Å². The van der Waals surface area contributed by atoms with E-state index in [0.717, 1.165) is 0 Å². The number of anilines is 2. The third-order valence-electron chi connectivity index (χ3n) is 3.14. The summed E-state index contributed by atoms with van der Waals surface area (Å²) in [5.74, 6) is -0.474. The summed E-state index contributed by atoms with van der Waals surface area (Å²) < 4.78 is 26.8. The van der Waals surface area contributed by atoms with Crippen molar-refractivity contribution in [3.05, 3.63) is 63.1 Å². The minimum Gasteiger partial charge on any atom is -0.296 e. The van der Waals surface area contributed by atoms with Gasteiger partial charge in [-0.2, -0.15) is 8.42 Å². The molecule has 27 heavy (non-hydrogen) atoms. The molecule has 0 saturated heterocycles. The maximum Gasteiger partial charge on any atom is 0.291 e. The molecule has 3 rings (SSSR count). The summed E-state index contributed by atoms with van der Waals surface area (Å²) in [4.78, 5) is 12.1. The number of sulfonamides is 1. The monoisotopic (exact) mass is 462 g/mol. The Morgan fingerprint density at radius 2 is 1.63 bits per heavy atom. The van der Waals surface area contributed by atoms with Crippen molar-refractivity contribution in [1.29, 1.82) is 0 Å². The van der Waals surface area contributed by atoms with Crippen LogP contribution in [0.2, 0.25) is 15.1 Å². The van der Waals surface area contributed by atoms with Crippen LogP contribution < -0.4 is 10.0 Å². The van der Waals surface area contributed by atoms with Crippen LogP contribution in [0, 0.1) is 0 Å². The van der Waals surface area contributed by atoms with Crippen LogP contribution in [0.4, 0.5) is 10.8 Å². The summed E-state index contributed by atoms with van der Waals surface area (Å²) >= 11 is 18.3. The summed E-state index contributed by atoms with van der Waals surface area (Å²) in [5.41, 5.74) is 0.439. The molecule has 0 atom stereocenters. The second kappa shape index (κ2) is 7.99. The first-order valence-electron chi connectivity index (χ1n) is 7.13. The first kappa shape index (κ1) is 19.8. The van der Waals surface area contributed by atoms with Gasteiger partial charge in [-0.1, -0.05) is 46.1 Å². The molecule has 12 heteroatoms. The third kappa shape index (κ3) is 4.88. The minimum absolute atomic E-state index is 0.0208. The number of nitrogens with zero attached hydrogens (tertiary/aromatic N) is 2. The van der Waals surface area contributed by atoms with Gasteiger partial charge in [0.25, 0.3) is 20.3 Å². The molecular weight excluding hydrogens is 455 g/mol. The molecular formula is C15H9Cl3N4O3S2.